The average molecular weight is 403 g/mol. The summed E-state index contributed by atoms with van der Waals surface area (Å²) < 4.78 is 0. The highest BCUT2D eigenvalue weighted by Crippen LogP contribution is 2.67. The molecule has 0 radical (unpaired) electrons. The van der Waals surface area contributed by atoms with Crippen LogP contribution in [0.15, 0.2) is 17.3 Å². The molecule has 29 heavy (non-hydrogen) atoms. The fraction of sp³-hybridized carbons (Fsp3) is 0.833. The van der Waals surface area contributed by atoms with Crippen LogP contribution in [0.3, 0.4) is 0 Å². The molecule has 0 aromatic carbocycles. The first-order chi connectivity index (χ1) is 13.8. The maximum absolute atomic E-state index is 12.6. The number of rotatable bonds is 5. The monoisotopic (exact) mass is 402 g/mol. The summed E-state index contributed by atoms with van der Waals surface area (Å²) in [6.45, 7) is 10.4. The zero-order valence-electron chi connectivity index (χ0n) is 18.4. The van der Waals surface area contributed by atoms with E-state index >= 15 is 0 Å². The Bertz CT molecular complexity index is 719. The molecule has 4 rings (SSSR count). The second-order valence-electron chi connectivity index (χ2n) is 10.5. The first-order valence-corrected chi connectivity index (χ1v) is 11.5. The number of hydrogen-bond donors (Lipinski definition) is 2. The van der Waals surface area contributed by atoms with E-state index in [1.807, 2.05) is 7.05 Å². The minimum Gasteiger partial charge on any atom is -0.396 e. The Morgan fingerprint density at radius 2 is 2.03 bits per heavy atom. The predicted octanol–water partition coefficient (Wildman–Crippen LogP) is 3.86. The van der Waals surface area contributed by atoms with Crippen LogP contribution < -0.4 is 5.32 Å². The third kappa shape index (κ3) is 3.11. The number of nitrogens with one attached hydrogen (secondary N) is 1. The molecule has 5 heteroatoms. The first kappa shape index (κ1) is 21.0. The Kier molecular flexibility index (Phi) is 5.44. The molecule has 2 N–H and O–H groups in total. The van der Waals surface area contributed by atoms with Crippen molar-refractivity contribution >= 4 is 11.5 Å². The SMILES string of the molecule is C=C1C[C@H]2[C@@H]3CCC(=O)[C@@]3(C)CC[C@@H]2[C@@]2(C)CCC(=NOCCCNC)C[C@]12O. The van der Waals surface area contributed by atoms with Crippen molar-refractivity contribution in [2.24, 2.45) is 33.7 Å². The largest absolute Gasteiger partial charge is 0.396 e. The topological polar surface area (TPSA) is 70.9 Å². The molecule has 4 aliphatic carbocycles. The summed E-state index contributed by atoms with van der Waals surface area (Å²) in [7, 11) is 1.93. The fourth-order valence-electron chi connectivity index (χ4n) is 7.33. The van der Waals surface area contributed by atoms with Crippen LogP contribution in [0.5, 0.6) is 0 Å². The van der Waals surface area contributed by atoms with Crippen LogP contribution >= 0.6 is 0 Å². The Morgan fingerprint density at radius 3 is 2.79 bits per heavy atom. The number of oxime groups is 1. The highest BCUT2D eigenvalue weighted by molar-refractivity contribution is 5.88. The molecule has 6 atom stereocenters. The van der Waals surface area contributed by atoms with Gasteiger partial charge in [0, 0.05) is 23.7 Å². The molecule has 4 saturated carbocycles. The van der Waals surface area contributed by atoms with Crippen molar-refractivity contribution < 1.29 is 14.7 Å². The van der Waals surface area contributed by atoms with E-state index in [4.69, 9.17) is 4.84 Å². The standard InChI is InChI=1S/C24H38N2O3/c1-16-14-18-19-6-7-21(27)22(19,2)10-9-20(18)23(3)11-8-17(15-24(16,23)28)26-29-13-5-12-25-4/h18-20,25,28H,1,5-15H2,2-4H3/t18-,19-,20-,22-,23+,24-/m0/s1. The van der Waals surface area contributed by atoms with Gasteiger partial charge in [0.2, 0.25) is 0 Å². The highest BCUT2D eigenvalue weighted by Gasteiger charge is 2.65. The molecule has 0 aliphatic heterocycles. The van der Waals surface area contributed by atoms with Crippen LogP contribution in [-0.2, 0) is 9.63 Å². The summed E-state index contributed by atoms with van der Waals surface area (Å²) in [6, 6.07) is 0. The number of carbonyl (C=O) groups is 1. The lowest BCUT2D eigenvalue weighted by molar-refractivity contribution is -0.161. The fourth-order valence-corrected chi connectivity index (χ4v) is 7.33. The van der Waals surface area contributed by atoms with Gasteiger partial charge < -0.3 is 15.3 Å². The molecule has 0 amide bonds. The first-order valence-electron chi connectivity index (χ1n) is 11.5. The molecule has 0 spiro atoms. The average Bonchev–Trinajstić information content (AvgIpc) is 2.99. The summed E-state index contributed by atoms with van der Waals surface area (Å²) >= 11 is 0. The van der Waals surface area contributed by atoms with Crippen molar-refractivity contribution in [2.45, 2.75) is 77.2 Å². The minimum atomic E-state index is -0.907. The van der Waals surface area contributed by atoms with Gasteiger partial charge in [-0.05, 0) is 81.9 Å². The van der Waals surface area contributed by atoms with Gasteiger partial charge in [0.05, 0.1) is 11.3 Å². The Hall–Kier alpha value is -1.20. The van der Waals surface area contributed by atoms with E-state index in [9.17, 15) is 9.90 Å². The Labute approximate surface area is 175 Å². The summed E-state index contributed by atoms with van der Waals surface area (Å²) in [5.41, 5.74) is 0.676. The second-order valence-corrected chi connectivity index (χ2v) is 10.5. The van der Waals surface area contributed by atoms with E-state index in [1.165, 1.54) is 0 Å². The summed E-state index contributed by atoms with van der Waals surface area (Å²) in [5.74, 6) is 1.86. The van der Waals surface area contributed by atoms with Crippen molar-refractivity contribution in [3.05, 3.63) is 12.2 Å². The van der Waals surface area contributed by atoms with Crippen LogP contribution in [0.1, 0.15) is 71.6 Å². The number of ketones is 1. The Morgan fingerprint density at radius 1 is 1.24 bits per heavy atom. The van der Waals surface area contributed by atoms with E-state index in [2.05, 4.69) is 30.9 Å². The van der Waals surface area contributed by atoms with Crippen molar-refractivity contribution in [1.29, 1.82) is 0 Å². The lowest BCUT2D eigenvalue weighted by Gasteiger charge is -2.63. The van der Waals surface area contributed by atoms with Gasteiger partial charge in [-0.25, -0.2) is 0 Å². The van der Waals surface area contributed by atoms with Crippen LogP contribution in [0, 0.1) is 28.6 Å². The molecule has 4 aliphatic rings. The van der Waals surface area contributed by atoms with Crippen LogP contribution in [0.4, 0.5) is 0 Å². The van der Waals surface area contributed by atoms with Gasteiger partial charge in [0.25, 0.3) is 0 Å². The van der Waals surface area contributed by atoms with E-state index in [0.717, 1.165) is 69.2 Å². The van der Waals surface area contributed by atoms with Gasteiger partial charge in [-0.3, -0.25) is 4.79 Å². The molecule has 0 aromatic heterocycles. The summed E-state index contributed by atoms with van der Waals surface area (Å²) in [4.78, 5) is 18.1. The maximum Gasteiger partial charge on any atom is 0.139 e. The van der Waals surface area contributed by atoms with Crippen molar-refractivity contribution in [1.82, 2.24) is 5.32 Å². The number of hydrogen-bond acceptors (Lipinski definition) is 5. The van der Waals surface area contributed by atoms with Gasteiger partial charge in [-0.2, -0.15) is 0 Å². The van der Waals surface area contributed by atoms with Crippen molar-refractivity contribution in [3.8, 4) is 0 Å². The van der Waals surface area contributed by atoms with E-state index in [1.54, 1.807) is 0 Å². The lowest BCUT2D eigenvalue weighted by Crippen LogP contribution is -2.63. The third-order valence-corrected chi connectivity index (χ3v) is 9.23. The molecule has 0 aromatic rings. The Balaban J connectivity index is 1.53. The summed E-state index contributed by atoms with van der Waals surface area (Å²) in [6.07, 6.45) is 7.88. The van der Waals surface area contributed by atoms with Crippen LogP contribution in [-0.4, -0.2) is 42.4 Å². The van der Waals surface area contributed by atoms with E-state index in [0.29, 0.717) is 36.6 Å². The van der Waals surface area contributed by atoms with Gasteiger partial charge in [-0.1, -0.05) is 25.6 Å². The number of carbonyl (C=O) groups excluding carboxylic acids is 1. The molecule has 0 bridgehead atoms. The van der Waals surface area contributed by atoms with Crippen LogP contribution in [0.25, 0.3) is 0 Å². The molecule has 0 unspecified atom stereocenters. The number of nitrogens with zero attached hydrogens (tertiary/aromatic N) is 1. The zero-order chi connectivity index (χ0) is 20.9. The van der Waals surface area contributed by atoms with Gasteiger partial charge in [0.15, 0.2) is 0 Å². The van der Waals surface area contributed by atoms with Gasteiger partial charge >= 0.3 is 0 Å². The van der Waals surface area contributed by atoms with Crippen molar-refractivity contribution in [2.75, 3.05) is 20.2 Å². The molecule has 5 nitrogen and oxygen atoms in total. The molecule has 162 valence electrons. The number of fused-ring (bicyclic) bond motifs is 5. The predicted molar refractivity (Wildman–Crippen MR) is 115 cm³/mol. The highest BCUT2D eigenvalue weighted by atomic mass is 16.6. The van der Waals surface area contributed by atoms with Gasteiger partial charge in [-0.15, -0.1) is 0 Å². The maximum atomic E-state index is 12.6. The zero-order valence-corrected chi connectivity index (χ0v) is 18.4. The minimum absolute atomic E-state index is 0.143. The lowest BCUT2D eigenvalue weighted by atomic mass is 9.43. The molecular formula is C24H38N2O3. The second kappa shape index (κ2) is 7.49. The molecule has 0 heterocycles. The quantitative estimate of drug-likeness (QED) is 0.416. The summed E-state index contributed by atoms with van der Waals surface area (Å²) in [5, 5.41) is 19.4. The van der Waals surface area contributed by atoms with Crippen LogP contribution in [0.2, 0.25) is 0 Å². The number of aliphatic hydroxyl groups is 1. The third-order valence-electron chi connectivity index (χ3n) is 9.23. The van der Waals surface area contributed by atoms with E-state index in [-0.39, 0.29) is 10.8 Å². The molecule has 0 saturated heterocycles. The van der Waals surface area contributed by atoms with E-state index < -0.39 is 5.60 Å². The smallest absolute Gasteiger partial charge is 0.139 e. The molecular weight excluding hydrogens is 364 g/mol. The number of Topliss-reactive ketones (excluding diaryl/α,β-unsaturated/α-hetero) is 1. The normalized spacial score (nSPS) is 45.7. The van der Waals surface area contributed by atoms with Gasteiger partial charge in [0.1, 0.15) is 12.4 Å². The van der Waals surface area contributed by atoms with Crippen molar-refractivity contribution in [3.63, 3.8) is 0 Å². The molecule has 4 fully saturated rings.